The first kappa shape index (κ1) is 18.4. The average Bonchev–Trinajstić information content (AvgIpc) is 3.10. The molecular weight excluding hydrogens is 328 g/mol. The normalized spacial score (nSPS) is 18.2. The van der Waals surface area contributed by atoms with Crippen LogP contribution in [0.25, 0.3) is 0 Å². The first-order chi connectivity index (χ1) is 11.5. The van der Waals surface area contributed by atoms with Crippen molar-refractivity contribution in [1.29, 1.82) is 0 Å². The maximum atomic E-state index is 12.8. The summed E-state index contributed by atoms with van der Waals surface area (Å²) in [6, 6.07) is 4.69. The lowest BCUT2D eigenvalue weighted by Crippen LogP contribution is -2.49. The Kier molecular flexibility index (Phi) is 6.36. The Morgan fingerprint density at radius 2 is 2.04 bits per heavy atom. The molecule has 0 bridgehead atoms. The SMILES string of the molecule is CCC(C)NC(=O)C1CSCN1C(=O)c1ccc(OC)c(OC)c1. The zero-order valence-electron chi connectivity index (χ0n) is 14.5. The molecule has 24 heavy (non-hydrogen) atoms. The van der Waals surface area contributed by atoms with Crippen LogP contribution < -0.4 is 14.8 Å². The number of hydrogen-bond acceptors (Lipinski definition) is 5. The number of nitrogens with one attached hydrogen (secondary N) is 1. The van der Waals surface area contributed by atoms with Gasteiger partial charge in [-0.1, -0.05) is 6.92 Å². The van der Waals surface area contributed by atoms with Crippen LogP contribution in [0, 0.1) is 0 Å². The summed E-state index contributed by atoms with van der Waals surface area (Å²) in [4.78, 5) is 26.9. The molecular formula is C17H24N2O4S. The smallest absolute Gasteiger partial charge is 0.255 e. The summed E-state index contributed by atoms with van der Waals surface area (Å²) in [5.74, 6) is 1.91. The highest BCUT2D eigenvalue weighted by molar-refractivity contribution is 7.99. The Labute approximate surface area is 146 Å². The van der Waals surface area contributed by atoms with E-state index in [4.69, 9.17) is 9.47 Å². The molecule has 0 aromatic heterocycles. The second-order valence-electron chi connectivity index (χ2n) is 5.68. The van der Waals surface area contributed by atoms with Gasteiger partial charge in [-0.15, -0.1) is 11.8 Å². The van der Waals surface area contributed by atoms with Gasteiger partial charge in [0.2, 0.25) is 5.91 Å². The molecule has 1 aliphatic heterocycles. The third kappa shape index (κ3) is 3.95. The number of amides is 2. The fourth-order valence-corrected chi connectivity index (χ4v) is 3.59. The summed E-state index contributed by atoms with van der Waals surface area (Å²) in [6.07, 6.45) is 0.856. The summed E-state index contributed by atoms with van der Waals surface area (Å²) in [5.41, 5.74) is 0.483. The van der Waals surface area contributed by atoms with Crippen LogP contribution in [-0.4, -0.2) is 54.6 Å². The van der Waals surface area contributed by atoms with E-state index in [9.17, 15) is 9.59 Å². The molecule has 1 N–H and O–H groups in total. The van der Waals surface area contributed by atoms with Crippen molar-refractivity contribution in [1.82, 2.24) is 10.2 Å². The molecule has 1 aromatic carbocycles. The molecule has 2 unspecified atom stereocenters. The van der Waals surface area contributed by atoms with E-state index in [1.165, 1.54) is 7.11 Å². The standard InChI is InChI=1S/C17H24N2O4S/c1-5-11(2)18-16(20)13-9-24-10-19(13)17(21)12-6-7-14(22-3)15(8-12)23-4/h6-8,11,13H,5,9-10H2,1-4H3,(H,18,20). The minimum atomic E-state index is -0.440. The Balaban J connectivity index is 2.17. The summed E-state index contributed by atoms with van der Waals surface area (Å²) < 4.78 is 10.4. The van der Waals surface area contributed by atoms with Gasteiger partial charge in [-0.25, -0.2) is 0 Å². The number of rotatable bonds is 6. The van der Waals surface area contributed by atoms with Gasteiger partial charge < -0.3 is 19.7 Å². The Morgan fingerprint density at radius 1 is 1.33 bits per heavy atom. The fourth-order valence-electron chi connectivity index (χ4n) is 2.44. The minimum Gasteiger partial charge on any atom is -0.493 e. The van der Waals surface area contributed by atoms with Crippen molar-refractivity contribution in [2.24, 2.45) is 0 Å². The van der Waals surface area contributed by atoms with Crippen LogP contribution in [0.2, 0.25) is 0 Å². The van der Waals surface area contributed by atoms with Gasteiger partial charge in [-0.3, -0.25) is 9.59 Å². The number of benzene rings is 1. The van der Waals surface area contributed by atoms with Gasteiger partial charge in [0.25, 0.3) is 5.91 Å². The predicted octanol–water partition coefficient (Wildman–Crippen LogP) is 2.13. The van der Waals surface area contributed by atoms with E-state index in [-0.39, 0.29) is 17.9 Å². The molecule has 0 aliphatic carbocycles. The predicted molar refractivity (Wildman–Crippen MR) is 94.7 cm³/mol. The Hall–Kier alpha value is -1.89. The molecule has 1 aromatic rings. The van der Waals surface area contributed by atoms with Crippen molar-refractivity contribution in [2.45, 2.75) is 32.4 Å². The lowest BCUT2D eigenvalue weighted by atomic mass is 10.1. The highest BCUT2D eigenvalue weighted by Gasteiger charge is 2.35. The Morgan fingerprint density at radius 3 is 2.67 bits per heavy atom. The second kappa shape index (κ2) is 8.28. The maximum absolute atomic E-state index is 12.8. The molecule has 0 spiro atoms. The van der Waals surface area contributed by atoms with Gasteiger partial charge in [0.1, 0.15) is 6.04 Å². The summed E-state index contributed by atoms with van der Waals surface area (Å²) >= 11 is 1.58. The van der Waals surface area contributed by atoms with E-state index < -0.39 is 6.04 Å². The lowest BCUT2D eigenvalue weighted by molar-refractivity contribution is -0.125. The van der Waals surface area contributed by atoms with Crippen LogP contribution in [-0.2, 0) is 4.79 Å². The van der Waals surface area contributed by atoms with Crippen molar-refractivity contribution < 1.29 is 19.1 Å². The van der Waals surface area contributed by atoms with Crippen LogP contribution >= 0.6 is 11.8 Å². The van der Waals surface area contributed by atoms with Crippen molar-refractivity contribution in [2.75, 3.05) is 25.8 Å². The van der Waals surface area contributed by atoms with Crippen LogP contribution in [0.1, 0.15) is 30.6 Å². The van der Waals surface area contributed by atoms with E-state index in [0.29, 0.717) is 28.7 Å². The summed E-state index contributed by atoms with van der Waals surface area (Å²) in [7, 11) is 3.08. The number of nitrogens with zero attached hydrogens (tertiary/aromatic N) is 1. The largest absolute Gasteiger partial charge is 0.493 e. The highest BCUT2D eigenvalue weighted by atomic mass is 32.2. The molecule has 1 aliphatic rings. The number of thioether (sulfide) groups is 1. The van der Waals surface area contributed by atoms with E-state index in [2.05, 4.69) is 5.32 Å². The molecule has 1 fully saturated rings. The van der Waals surface area contributed by atoms with Gasteiger partial charge >= 0.3 is 0 Å². The molecule has 0 radical (unpaired) electrons. The minimum absolute atomic E-state index is 0.0943. The first-order valence-electron chi connectivity index (χ1n) is 7.92. The van der Waals surface area contributed by atoms with Gasteiger partial charge in [-0.2, -0.15) is 0 Å². The quantitative estimate of drug-likeness (QED) is 0.849. The lowest BCUT2D eigenvalue weighted by Gasteiger charge is -2.24. The fraction of sp³-hybridized carbons (Fsp3) is 0.529. The second-order valence-corrected chi connectivity index (χ2v) is 6.68. The molecule has 2 amide bonds. The maximum Gasteiger partial charge on any atom is 0.255 e. The van der Waals surface area contributed by atoms with Crippen molar-refractivity contribution >= 4 is 23.6 Å². The van der Waals surface area contributed by atoms with Gasteiger partial charge in [0.05, 0.1) is 20.1 Å². The number of carbonyl (C=O) groups excluding carboxylic acids is 2. The molecule has 2 rings (SSSR count). The molecule has 1 heterocycles. The average molecular weight is 352 g/mol. The third-order valence-electron chi connectivity index (χ3n) is 4.08. The molecule has 1 saturated heterocycles. The highest BCUT2D eigenvalue weighted by Crippen LogP contribution is 2.30. The molecule has 2 atom stereocenters. The molecule has 132 valence electrons. The zero-order valence-corrected chi connectivity index (χ0v) is 15.3. The van der Waals surface area contributed by atoms with Gasteiger partial charge in [0.15, 0.2) is 11.5 Å². The number of carbonyl (C=O) groups is 2. The summed E-state index contributed by atoms with van der Waals surface area (Å²) in [5, 5.41) is 2.96. The van der Waals surface area contributed by atoms with Crippen LogP contribution in [0.5, 0.6) is 11.5 Å². The topological polar surface area (TPSA) is 67.9 Å². The van der Waals surface area contributed by atoms with Crippen LogP contribution in [0.15, 0.2) is 18.2 Å². The van der Waals surface area contributed by atoms with E-state index in [0.717, 1.165) is 6.42 Å². The van der Waals surface area contributed by atoms with E-state index >= 15 is 0 Å². The van der Waals surface area contributed by atoms with Crippen molar-refractivity contribution in [3.8, 4) is 11.5 Å². The van der Waals surface area contributed by atoms with Crippen LogP contribution in [0.3, 0.4) is 0 Å². The van der Waals surface area contributed by atoms with Crippen molar-refractivity contribution in [3.63, 3.8) is 0 Å². The molecule has 6 nitrogen and oxygen atoms in total. The summed E-state index contributed by atoms with van der Waals surface area (Å²) in [6.45, 7) is 3.97. The van der Waals surface area contributed by atoms with Gasteiger partial charge in [0, 0.05) is 17.4 Å². The first-order valence-corrected chi connectivity index (χ1v) is 9.08. The third-order valence-corrected chi connectivity index (χ3v) is 5.09. The Bertz CT molecular complexity index is 608. The molecule has 7 heteroatoms. The molecule has 0 saturated carbocycles. The number of methoxy groups -OCH3 is 2. The van der Waals surface area contributed by atoms with Crippen molar-refractivity contribution in [3.05, 3.63) is 23.8 Å². The van der Waals surface area contributed by atoms with Gasteiger partial charge in [-0.05, 0) is 31.5 Å². The monoisotopic (exact) mass is 352 g/mol. The zero-order chi connectivity index (χ0) is 17.7. The number of ether oxygens (including phenoxy) is 2. The number of hydrogen-bond donors (Lipinski definition) is 1. The van der Waals surface area contributed by atoms with E-state index in [1.807, 2.05) is 13.8 Å². The van der Waals surface area contributed by atoms with E-state index in [1.54, 1.807) is 42.0 Å². The van der Waals surface area contributed by atoms with Crippen LogP contribution in [0.4, 0.5) is 0 Å².